The van der Waals surface area contributed by atoms with Crippen LogP contribution in [0.15, 0.2) is 156 Å². The Kier molecular flexibility index (Phi) is 5.78. The fraction of sp³-hybridized carbons (Fsp3) is 0. The first-order chi connectivity index (χ1) is 22.3. The maximum Gasteiger partial charge on any atom is 0.164 e. The molecule has 2 heterocycles. The summed E-state index contributed by atoms with van der Waals surface area (Å²) >= 11 is 0. The zero-order valence-electron chi connectivity index (χ0n) is 24.2. The van der Waals surface area contributed by atoms with Gasteiger partial charge in [0.25, 0.3) is 0 Å². The fourth-order valence-corrected chi connectivity index (χ4v) is 6.39. The first-order valence-electron chi connectivity index (χ1n) is 15.0. The van der Waals surface area contributed by atoms with Gasteiger partial charge in [-0.1, -0.05) is 127 Å². The van der Waals surface area contributed by atoms with E-state index in [-0.39, 0.29) is 0 Å². The molecule has 0 amide bonds. The normalized spacial score (nSPS) is 11.6. The summed E-state index contributed by atoms with van der Waals surface area (Å²) in [4.78, 5) is 15.4. The molecule has 0 bridgehead atoms. The molecule has 9 rings (SSSR count). The summed E-state index contributed by atoms with van der Waals surface area (Å²) in [5.74, 6) is 1.86. The second-order valence-corrected chi connectivity index (χ2v) is 11.2. The number of nitrogens with zero attached hydrogens (tertiary/aromatic N) is 3. The number of rotatable bonds is 4. The molecule has 4 heteroatoms. The molecule has 7 aromatic carbocycles. The molecule has 0 atom stereocenters. The van der Waals surface area contributed by atoms with Crippen molar-refractivity contribution in [3.63, 3.8) is 0 Å². The molecule has 9 aromatic rings. The summed E-state index contributed by atoms with van der Waals surface area (Å²) in [6, 6.07) is 52.2. The van der Waals surface area contributed by atoms with Gasteiger partial charge in [0.15, 0.2) is 17.5 Å². The monoisotopic (exact) mass is 575 g/mol. The van der Waals surface area contributed by atoms with E-state index in [4.69, 9.17) is 19.4 Å². The van der Waals surface area contributed by atoms with Gasteiger partial charge in [-0.25, -0.2) is 15.0 Å². The van der Waals surface area contributed by atoms with Gasteiger partial charge in [0.2, 0.25) is 0 Å². The highest BCUT2D eigenvalue weighted by molar-refractivity contribution is 6.06. The van der Waals surface area contributed by atoms with E-state index in [1.54, 1.807) is 0 Å². The van der Waals surface area contributed by atoms with E-state index in [1.807, 2.05) is 30.3 Å². The lowest BCUT2D eigenvalue weighted by Crippen LogP contribution is -2.01. The predicted molar refractivity (Wildman–Crippen MR) is 184 cm³/mol. The van der Waals surface area contributed by atoms with E-state index in [9.17, 15) is 0 Å². The highest BCUT2D eigenvalue weighted by atomic mass is 16.3. The maximum atomic E-state index is 6.24. The van der Waals surface area contributed by atoms with Gasteiger partial charge in [-0.3, -0.25) is 0 Å². The molecule has 0 saturated carbocycles. The van der Waals surface area contributed by atoms with Crippen molar-refractivity contribution in [3.05, 3.63) is 152 Å². The summed E-state index contributed by atoms with van der Waals surface area (Å²) < 4.78 is 6.24. The fourth-order valence-electron chi connectivity index (χ4n) is 6.39. The van der Waals surface area contributed by atoms with E-state index in [0.717, 1.165) is 60.2 Å². The van der Waals surface area contributed by atoms with Crippen LogP contribution in [0.2, 0.25) is 0 Å². The maximum absolute atomic E-state index is 6.24. The predicted octanol–water partition coefficient (Wildman–Crippen LogP) is 10.7. The van der Waals surface area contributed by atoms with Crippen molar-refractivity contribution in [2.24, 2.45) is 0 Å². The number of para-hydroxylation sites is 1. The minimum absolute atomic E-state index is 0.599. The largest absolute Gasteiger partial charge is 0.456 e. The molecule has 0 saturated heterocycles. The minimum Gasteiger partial charge on any atom is -0.456 e. The Hall–Kier alpha value is -6.13. The van der Waals surface area contributed by atoms with Gasteiger partial charge < -0.3 is 4.42 Å². The zero-order valence-corrected chi connectivity index (χ0v) is 24.2. The van der Waals surface area contributed by atoms with Crippen LogP contribution in [0, 0.1) is 0 Å². The number of furan rings is 1. The standard InChI is InChI=1S/C41H25N3O/c1-2-11-26(12-3-1)30-23-24-36(32-17-7-6-16-31(30)32)41-43-39(28-21-22-34-33-18-8-9-20-37(33)45-38(34)25-28)42-40(44-41)35-19-10-14-27-13-4-5-15-29(27)35/h1-25H. The Labute approximate surface area is 259 Å². The number of fused-ring (bicyclic) bond motifs is 5. The van der Waals surface area contributed by atoms with Crippen LogP contribution in [0.25, 0.3) is 88.8 Å². The highest BCUT2D eigenvalue weighted by Crippen LogP contribution is 2.37. The summed E-state index contributed by atoms with van der Waals surface area (Å²) in [6.45, 7) is 0. The Morgan fingerprint density at radius 2 is 0.911 bits per heavy atom. The minimum atomic E-state index is 0.599. The van der Waals surface area contributed by atoms with Crippen molar-refractivity contribution >= 4 is 43.5 Å². The average Bonchev–Trinajstić information content (AvgIpc) is 3.49. The van der Waals surface area contributed by atoms with Gasteiger partial charge in [0.05, 0.1) is 0 Å². The third-order valence-electron chi connectivity index (χ3n) is 8.55. The molecule has 0 unspecified atom stereocenters. The molecule has 0 fully saturated rings. The van der Waals surface area contributed by atoms with Crippen LogP contribution in [-0.2, 0) is 0 Å². The molecular weight excluding hydrogens is 550 g/mol. The first kappa shape index (κ1) is 25.4. The van der Waals surface area contributed by atoms with Crippen molar-refractivity contribution in [2.75, 3.05) is 0 Å². The molecule has 4 nitrogen and oxygen atoms in total. The van der Waals surface area contributed by atoms with Gasteiger partial charge in [-0.15, -0.1) is 0 Å². The van der Waals surface area contributed by atoms with Crippen LogP contribution in [-0.4, -0.2) is 15.0 Å². The number of hydrogen-bond acceptors (Lipinski definition) is 4. The van der Waals surface area contributed by atoms with Crippen LogP contribution in [0.1, 0.15) is 0 Å². The van der Waals surface area contributed by atoms with Crippen LogP contribution in [0.4, 0.5) is 0 Å². The third kappa shape index (κ3) is 4.27. The number of aromatic nitrogens is 3. The van der Waals surface area contributed by atoms with Crippen molar-refractivity contribution < 1.29 is 4.42 Å². The number of hydrogen-bond donors (Lipinski definition) is 0. The highest BCUT2D eigenvalue weighted by Gasteiger charge is 2.18. The van der Waals surface area contributed by atoms with Crippen LogP contribution in [0.3, 0.4) is 0 Å². The molecule has 0 aliphatic rings. The topological polar surface area (TPSA) is 51.8 Å². The van der Waals surface area contributed by atoms with Crippen LogP contribution >= 0.6 is 0 Å². The molecule has 2 aromatic heterocycles. The van der Waals surface area contributed by atoms with E-state index < -0.39 is 0 Å². The van der Waals surface area contributed by atoms with Gasteiger partial charge in [-0.05, 0) is 56.9 Å². The SMILES string of the molecule is c1ccc(-c2ccc(-c3nc(-c4ccc5c(c4)oc4ccccc45)nc(-c4cccc5ccccc45)n3)c3ccccc23)cc1. The first-order valence-corrected chi connectivity index (χ1v) is 15.0. The number of benzene rings is 7. The Bertz CT molecular complexity index is 2540. The van der Waals surface area contributed by atoms with Crippen molar-refractivity contribution in [1.82, 2.24) is 15.0 Å². The van der Waals surface area contributed by atoms with Gasteiger partial charge in [-0.2, -0.15) is 0 Å². The molecule has 0 aliphatic carbocycles. The van der Waals surface area contributed by atoms with Crippen LogP contribution in [0.5, 0.6) is 0 Å². The van der Waals surface area contributed by atoms with Gasteiger partial charge >= 0.3 is 0 Å². The molecule has 0 aliphatic heterocycles. The lowest BCUT2D eigenvalue weighted by Gasteiger charge is -2.13. The van der Waals surface area contributed by atoms with Gasteiger partial charge in [0, 0.05) is 27.5 Å². The molecule has 210 valence electrons. The second kappa shape index (κ2) is 10.2. The van der Waals surface area contributed by atoms with Crippen LogP contribution < -0.4 is 0 Å². The van der Waals surface area contributed by atoms with Crippen molar-refractivity contribution in [3.8, 4) is 45.3 Å². The Morgan fingerprint density at radius 3 is 1.73 bits per heavy atom. The molecule has 45 heavy (non-hydrogen) atoms. The lowest BCUT2D eigenvalue weighted by atomic mass is 9.94. The zero-order chi connectivity index (χ0) is 29.7. The van der Waals surface area contributed by atoms with Crippen molar-refractivity contribution in [1.29, 1.82) is 0 Å². The quantitative estimate of drug-likeness (QED) is 0.209. The Balaban J connectivity index is 1.30. The average molecular weight is 576 g/mol. The summed E-state index contributed by atoms with van der Waals surface area (Å²) in [5, 5.41) is 6.64. The van der Waals surface area contributed by atoms with E-state index in [0.29, 0.717) is 17.5 Å². The molecule has 0 spiro atoms. The second-order valence-electron chi connectivity index (χ2n) is 11.2. The molecular formula is C41H25N3O. The Morgan fingerprint density at radius 1 is 0.333 bits per heavy atom. The lowest BCUT2D eigenvalue weighted by molar-refractivity contribution is 0.669. The van der Waals surface area contributed by atoms with Gasteiger partial charge in [0.1, 0.15) is 11.2 Å². The molecule has 0 N–H and O–H groups in total. The van der Waals surface area contributed by atoms with Crippen molar-refractivity contribution in [2.45, 2.75) is 0 Å². The molecule has 0 radical (unpaired) electrons. The third-order valence-corrected chi connectivity index (χ3v) is 8.55. The summed E-state index contributed by atoms with van der Waals surface area (Å²) in [6.07, 6.45) is 0. The smallest absolute Gasteiger partial charge is 0.164 e. The van der Waals surface area contributed by atoms with E-state index >= 15 is 0 Å². The summed E-state index contributed by atoms with van der Waals surface area (Å²) in [7, 11) is 0. The summed E-state index contributed by atoms with van der Waals surface area (Å²) in [5.41, 5.74) is 6.81. The van der Waals surface area contributed by atoms with E-state index in [2.05, 4.69) is 121 Å². The van der Waals surface area contributed by atoms with E-state index in [1.165, 1.54) is 11.1 Å².